The van der Waals surface area contributed by atoms with Crippen molar-refractivity contribution in [3.63, 3.8) is 0 Å². The van der Waals surface area contributed by atoms with Crippen LogP contribution in [0.15, 0.2) is 42.5 Å². The number of hydrogen-bond donors (Lipinski definition) is 1. The third-order valence-electron chi connectivity index (χ3n) is 3.51. The second kappa shape index (κ2) is 5.66. The molecule has 1 N–H and O–H groups in total. The fourth-order valence-electron chi connectivity index (χ4n) is 2.43. The molecule has 100 valence electrons. The normalized spacial score (nSPS) is 12.9. The molecule has 1 aliphatic heterocycles. The Balaban J connectivity index is 1.73. The Kier molecular flexibility index (Phi) is 3.56. The zero-order valence-corrected chi connectivity index (χ0v) is 11.2. The smallest absolute Gasteiger partial charge is 0.143 e. The summed E-state index contributed by atoms with van der Waals surface area (Å²) in [5, 5.41) is 12.2. The molecule has 20 heavy (non-hydrogen) atoms. The first-order valence-corrected chi connectivity index (χ1v) is 6.84. The van der Waals surface area contributed by atoms with Gasteiger partial charge >= 0.3 is 0 Å². The lowest BCUT2D eigenvalue weighted by Crippen LogP contribution is -2.13. The van der Waals surface area contributed by atoms with E-state index in [1.807, 2.05) is 36.4 Å². The van der Waals surface area contributed by atoms with Crippen molar-refractivity contribution in [1.82, 2.24) is 0 Å². The predicted octanol–water partition coefficient (Wildman–Crippen LogP) is 3.50. The maximum atomic E-state index is 8.78. The molecule has 3 rings (SSSR count). The molecule has 0 aromatic heterocycles. The summed E-state index contributed by atoms with van der Waals surface area (Å²) in [6, 6.07) is 15.8. The zero-order chi connectivity index (χ0) is 13.8. The summed E-state index contributed by atoms with van der Waals surface area (Å²) in [6.07, 6.45) is 2.28. The molecule has 0 radical (unpaired) electrons. The molecule has 0 atom stereocenters. The van der Waals surface area contributed by atoms with Gasteiger partial charge in [0.05, 0.1) is 17.3 Å². The SMILES string of the molecule is N#Cc1ccc(COc2cccc3c2NCCC3)cc1. The van der Waals surface area contributed by atoms with Gasteiger partial charge in [-0.2, -0.15) is 5.26 Å². The number of nitrogens with zero attached hydrogens (tertiary/aromatic N) is 1. The molecule has 2 aromatic carbocycles. The van der Waals surface area contributed by atoms with Crippen molar-refractivity contribution >= 4 is 5.69 Å². The van der Waals surface area contributed by atoms with Gasteiger partial charge < -0.3 is 10.1 Å². The number of nitriles is 1. The molecule has 0 fully saturated rings. The largest absolute Gasteiger partial charge is 0.487 e. The summed E-state index contributed by atoms with van der Waals surface area (Å²) in [5.74, 6) is 0.909. The number of benzene rings is 2. The van der Waals surface area contributed by atoms with Gasteiger partial charge in [-0.25, -0.2) is 0 Å². The van der Waals surface area contributed by atoms with Crippen molar-refractivity contribution in [2.24, 2.45) is 0 Å². The lowest BCUT2D eigenvalue weighted by molar-refractivity contribution is 0.307. The number of fused-ring (bicyclic) bond motifs is 1. The van der Waals surface area contributed by atoms with Gasteiger partial charge in [-0.1, -0.05) is 24.3 Å². The molecule has 3 heteroatoms. The minimum absolute atomic E-state index is 0.518. The first kappa shape index (κ1) is 12.6. The van der Waals surface area contributed by atoms with E-state index in [9.17, 15) is 0 Å². The van der Waals surface area contributed by atoms with E-state index in [0.717, 1.165) is 30.0 Å². The molecular weight excluding hydrogens is 248 g/mol. The molecule has 0 amide bonds. The summed E-state index contributed by atoms with van der Waals surface area (Å²) < 4.78 is 5.92. The standard InChI is InChI=1S/C17H16N2O/c18-11-13-6-8-14(9-7-13)12-20-16-5-1-3-15-4-2-10-19-17(15)16/h1,3,5-9,19H,2,4,10,12H2. The monoisotopic (exact) mass is 264 g/mol. The Hall–Kier alpha value is -2.47. The minimum Gasteiger partial charge on any atom is -0.487 e. The number of nitrogens with one attached hydrogen (secondary N) is 1. The van der Waals surface area contributed by atoms with Crippen LogP contribution in [0.5, 0.6) is 5.75 Å². The Morgan fingerprint density at radius 2 is 2.00 bits per heavy atom. The van der Waals surface area contributed by atoms with Crippen molar-refractivity contribution < 1.29 is 4.74 Å². The maximum absolute atomic E-state index is 8.78. The Morgan fingerprint density at radius 1 is 1.15 bits per heavy atom. The van der Waals surface area contributed by atoms with Crippen LogP contribution in [0.1, 0.15) is 23.1 Å². The third kappa shape index (κ3) is 2.60. The van der Waals surface area contributed by atoms with Crippen molar-refractivity contribution in [2.45, 2.75) is 19.4 Å². The molecule has 0 bridgehead atoms. The molecule has 0 aliphatic carbocycles. The number of anilines is 1. The summed E-state index contributed by atoms with van der Waals surface area (Å²) >= 11 is 0. The highest BCUT2D eigenvalue weighted by Crippen LogP contribution is 2.32. The maximum Gasteiger partial charge on any atom is 0.143 e. The van der Waals surface area contributed by atoms with Crippen LogP contribution in [-0.2, 0) is 13.0 Å². The van der Waals surface area contributed by atoms with Crippen molar-refractivity contribution in [2.75, 3.05) is 11.9 Å². The number of para-hydroxylation sites is 1. The second-order valence-electron chi connectivity index (χ2n) is 4.92. The number of ether oxygens (including phenoxy) is 1. The molecule has 0 saturated heterocycles. The third-order valence-corrected chi connectivity index (χ3v) is 3.51. The second-order valence-corrected chi connectivity index (χ2v) is 4.92. The highest BCUT2D eigenvalue weighted by Gasteiger charge is 2.13. The number of hydrogen-bond acceptors (Lipinski definition) is 3. The summed E-state index contributed by atoms with van der Waals surface area (Å²) in [5.41, 5.74) is 4.20. The highest BCUT2D eigenvalue weighted by molar-refractivity contribution is 5.63. The highest BCUT2D eigenvalue weighted by atomic mass is 16.5. The van der Waals surface area contributed by atoms with E-state index in [0.29, 0.717) is 12.2 Å². The van der Waals surface area contributed by atoms with Crippen molar-refractivity contribution in [1.29, 1.82) is 5.26 Å². The fourth-order valence-corrected chi connectivity index (χ4v) is 2.43. The van der Waals surface area contributed by atoms with Gasteiger partial charge in [0.25, 0.3) is 0 Å². The van der Waals surface area contributed by atoms with E-state index in [4.69, 9.17) is 10.00 Å². The Labute approximate surface area is 118 Å². The van der Waals surface area contributed by atoms with Crippen LogP contribution in [0.25, 0.3) is 0 Å². The van der Waals surface area contributed by atoms with Gasteiger partial charge in [0.15, 0.2) is 0 Å². The van der Waals surface area contributed by atoms with Gasteiger partial charge in [0.1, 0.15) is 12.4 Å². The zero-order valence-electron chi connectivity index (χ0n) is 11.2. The molecular formula is C17H16N2O. The number of aryl methyl sites for hydroxylation is 1. The summed E-state index contributed by atoms with van der Waals surface area (Å²) in [7, 11) is 0. The predicted molar refractivity (Wildman–Crippen MR) is 78.7 cm³/mol. The quantitative estimate of drug-likeness (QED) is 0.922. The molecule has 0 unspecified atom stereocenters. The lowest BCUT2D eigenvalue weighted by atomic mass is 10.0. The van der Waals surface area contributed by atoms with Gasteiger partial charge in [0.2, 0.25) is 0 Å². The van der Waals surface area contributed by atoms with Crippen LogP contribution < -0.4 is 10.1 Å². The first-order chi connectivity index (χ1) is 9.86. The minimum atomic E-state index is 0.518. The van der Waals surface area contributed by atoms with Crippen LogP contribution in [0.2, 0.25) is 0 Å². The molecule has 3 nitrogen and oxygen atoms in total. The average molecular weight is 264 g/mol. The first-order valence-electron chi connectivity index (χ1n) is 6.84. The van der Waals surface area contributed by atoms with Crippen molar-refractivity contribution in [3.8, 4) is 11.8 Å². The van der Waals surface area contributed by atoms with Gasteiger partial charge in [0, 0.05) is 6.54 Å². The van der Waals surface area contributed by atoms with E-state index in [2.05, 4.69) is 17.5 Å². The van der Waals surface area contributed by atoms with E-state index >= 15 is 0 Å². The van der Waals surface area contributed by atoms with E-state index in [1.54, 1.807) is 0 Å². The van der Waals surface area contributed by atoms with Crippen LogP contribution in [0.3, 0.4) is 0 Å². The van der Waals surface area contributed by atoms with Crippen molar-refractivity contribution in [3.05, 3.63) is 59.2 Å². The Morgan fingerprint density at radius 3 is 2.80 bits per heavy atom. The van der Waals surface area contributed by atoms with Crippen LogP contribution in [0, 0.1) is 11.3 Å². The number of rotatable bonds is 3. The average Bonchev–Trinajstić information content (AvgIpc) is 2.53. The summed E-state index contributed by atoms with van der Waals surface area (Å²) in [4.78, 5) is 0. The molecule has 2 aromatic rings. The molecule has 1 aliphatic rings. The van der Waals surface area contributed by atoms with Gasteiger partial charge in [-0.05, 0) is 42.2 Å². The lowest BCUT2D eigenvalue weighted by Gasteiger charge is -2.21. The van der Waals surface area contributed by atoms with Gasteiger partial charge in [-0.3, -0.25) is 0 Å². The van der Waals surface area contributed by atoms with Gasteiger partial charge in [-0.15, -0.1) is 0 Å². The van der Waals surface area contributed by atoms with E-state index < -0.39 is 0 Å². The molecule has 0 spiro atoms. The fraction of sp³-hybridized carbons (Fsp3) is 0.235. The van der Waals surface area contributed by atoms with Crippen LogP contribution >= 0.6 is 0 Å². The molecule has 0 saturated carbocycles. The topological polar surface area (TPSA) is 45.0 Å². The van der Waals surface area contributed by atoms with Crippen LogP contribution in [0.4, 0.5) is 5.69 Å². The summed E-state index contributed by atoms with van der Waals surface area (Å²) in [6.45, 7) is 1.52. The Bertz CT molecular complexity index is 641. The molecule has 1 heterocycles. The van der Waals surface area contributed by atoms with E-state index in [1.165, 1.54) is 12.0 Å². The van der Waals surface area contributed by atoms with Crippen LogP contribution in [-0.4, -0.2) is 6.54 Å². The van der Waals surface area contributed by atoms with E-state index in [-0.39, 0.29) is 0 Å².